The van der Waals surface area contributed by atoms with Gasteiger partial charge in [0.15, 0.2) is 16.3 Å². The lowest BCUT2D eigenvalue weighted by Gasteiger charge is -2.08. The van der Waals surface area contributed by atoms with E-state index in [1.165, 1.54) is 11.3 Å². The van der Waals surface area contributed by atoms with Crippen LogP contribution in [0.25, 0.3) is 10.2 Å². The van der Waals surface area contributed by atoms with E-state index in [2.05, 4.69) is 11.9 Å². The number of aryl methyl sites for hydroxylation is 1. The number of carbonyl (C=O) groups is 1. The van der Waals surface area contributed by atoms with Gasteiger partial charge in [0.25, 0.3) is 5.91 Å². The van der Waals surface area contributed by atoms with E-state index in [0.717, 1.165) is 23.2 Å². The first-order valence-electron chi connectivity index (χ1n) is 8.59. The highest BCUT2D eigenvalue weighted by Gasteiger charge is 2.13. The number of carbonyl (C=O) groups excluding carboxylic acids is 1. The molecule has 27 heavy (non-hydrogen) atoms. The molecule has 2 aromatic carbocycles. The quantitative estimate of drug-likeness (QED) is 0.645. The van der Waals surface area contributed by atoms with Crippen LogP contribution in [0.1, 0.15) is 23.7 Å². The number of benzene rings is 2. The van der Waals surface area contributed by atoms with Gasteiger partial charge < -0.3 is 18.8 Å². The number of aromatic nitrogens is 1. The number of nitrogens with zero attached hydrogens (tertiary/aromatic N) is 2. The number of methoxy groups -OCH3 is 3. The number of fused-ring (bicyclic) bond motifs is 1. The zero-order chi connectivity index (χ0) is 19.4. The van der Waals surface area contributed by atoms with E-state index in [0.29, 0.717) is 27.6 Å². The Hall–Kier alpha value is -2.80. The molecule has 0 spiro atoms. The first kappa shape index (κ1) is 19.0. The number of ether oxygens (including phenoxy) is 3. The third-order valence-corrected chi connectivity index (χ3v) is 5.21. The molecule has 142 valence electrons. The molecule has 6 nitrogen and oxygen atoms in total. The Bertz CT molecular complexity index is 1020. The first-order valence-corrected chi connectivity index (χ1v) is 9.41. The van der Waals surface area contributed by atoms with Crippen LogP contribution in [-0.2, 0) is 6.54 Å². The van der Waals surface area contributed by atoms with Crippen molar-refractivity contribution in [3.05, 3.63) is 46.8 Å². The average Bonchev–Trinajstić information content (AvgIpc) is 3.03. The second-order valence-electron chi connectivity index (χ2n) is 5.86. The summed E-state index contributed by atoms with van der Waals surface area (Å²) in [5, 5.41) is 0. The SMILES string of the molecule is CCCn1c(=NC(=O)c2ccc(OC)cc2)sc2cc(OC)c(OC)cc21. The van der Waals surface area contributed by atoms with Crippen molar-refractivity contribution in [2.24, 2.45) is 4.99 Å². The Morgan fingerprint density at radius 3 is 2.30 bits per heavy atom. The van der Waals surface area contributed by atoms with Crippen molar-refractivity contribution in [3.8, 4) is 17.2 Å². The Morgan fingerprint density at radius 2 is 1.70 bits per heavy atom. The van der Waals surface area contributed by atoms with Crippen LogP contribution in [-0.4, -0.2) is 31.8 Å². The predicted octanol–water partition coefficient (Wildman–Crippen LogP) is 3.88. The molecule has 0 fully saturated rings. The lowest BCUT2D eigenvalue weighted by Crippen LogP contribution is -2.16. The van der Waals surface area contributed by atoms with Crippen molar-refractivity contribution in [2.75, 3.05) is 21.3 Å². The largest absolute Gasteiger partial charge is 0.497 e. The molecule has 0 bridgehead atoms. The minimum atomic E-state index is -0.284. The number of hydrogen-bond donors (Lipinski definition) is 0. The van der Waals surface area contributed by atoms with Gasteiger partial charge in [-0.25, -0.2) is 0 Å². The molecule has 0 aliphatic rings. The molecule has 1 amide bonds. The maximum atomic E-state index is 12.6. The molecule has 0 saturated carbocycles. The Balaban J connectivity index is 2.12. The minimum Gasteiger partial charge on any atom is -0.497 e. The lowest BCUT2D eigenvalue weighted by atomic mass is 10.2. The first-order chi connectivity index (χ1) is 13.1. The van der Waals surface area contributed by atoms with E-state index >= 15 is 0 Å². The van der Waals surface area contributed by atoms with E-state index in [4.69, 9.17) is 14.2 Å². The van der Waals surface area contributed by atoms with Crippen molar-refractivity contribution in [1.82, 2.24) is 4.57 Å². The number of amides is 1. The van der Waals surface area contributed by atoms with Gasteiger partial charge in [-0.05, 0) is 30.7 Å². The van der Waals surface area contributed by atoms with Gasteiger partial charge in [-0.15, -0.1) is 0 Å². The van der Waals surface area contributed by atoms with Crippen molar-refractivity contribution in [1.29, 1.82) is 0 Å². The highest BCUT2D eigenvalue weighted by Crippen LogP contribution is 2.33. The summed E-state index contributed by atoms with van der Waals surface area (Å²) in [6.45, 7) is 2.84. The van der Waals surface area contributed by atoms with Gasteiger partial charge in [-0.1, -0.05) is 18.3 Å². The molecule has 0 unspecified atom stereocenters. The molecular weight excluding hydrogens is 364 g/mol. The Kier molecular flexibility index (Phi) is 5.81. The van der Waals surface area contributed by atoms with Gasteiger partial charge in [-0.3, -0.25) is 4.79 Å². The molecular formula is C20H22N2O4S. The van der Waals surface area contributed by atoms with Crippen LogP contribution in [0.3, 0.4) is 0 Å². The summed E-state index contributed by atoms with van der Waals surface area (Å²) in [5.41, 5.74) is 1.49. The summed E-state index contributed by atoms with van der Waals surface area (Å²) in [4.78, 5) is 17.7. The molecule has 0 radical (unpaired) electrons. The summed E-state index contributed by atoms with van der Waals surface area (Å²) in [6.07, 6.45) is 0.921. The third kappa shape index (κ3) is 3.83. The molecule has 0 aliphatic carbocycles. The van der Waals surface area contributed by atoms with Crippen molar-refractivity contribution >= 4 is 27.5 Å². The van der Waals surface area contributed by atoms with E-state index in [9.17, 15) is 4.79 Å². The van der Waals surface area contributed by atoms with Gasteiger partial charge in [0.2, 0.25) is 0 Å². The summed E-state index contributed by atoms with van der Waals surface area (Å²) in [5.74, 6) is 1.73. The molecule has 1 aromatic heterocycles. The number of thiazole rings is 1. The fourth-order valence-corrected chi connectivity index (χ4v) is 3.87. The molecule has 0 saturated heterocycles. The predicted molar refractivity (Wildman–Crippen MR) is 106 cm³/mol. The standard InChI is InChI=1S/C20H22N2O4S/c1-5-10-22-15-11-16(25-3)17(26-4)12-18(15)27-20(22)21-19(23)13-6-8-14(24-2)9-7-13/h6-9,11-12H,5,10H2,1-4H3. The van der Waals surface area contributed by atoms with Crippen LogP contribution in [0.15, 0.2) is 41.4 Å². The molecule has 3 aromatic rings. The number of hydrogen-bond acceptors (Lipinski definition) is 5. The average molecular weight is 386 g/mol. The van der Waals surface area contributed by atoms with E-state index in [1.807, 2.05) is 16.7 Å². The van der Waals surface area contributed by atoms with Crippen molar-refractivity contribution in [2.45, 2.75) is 19.9 Å². The topological polar surface area (TPSA) is 62.1 Å². The van der Waals surface area contributed by atoms with Crippen LogP contribution >= 0.6 is 11.3 Å². The molecule has 1 heterocycles. The minimum absolute atomic E-state index is 0.284. The molecule has 3 rings (SSSR count). The highest BCUT2D eigenvalue weighted by atomic mass is 32.1. The maximum Gasteiger partial charge on any atom is 0.279 e. The van der Waals surface area contributed by atoms with Crippen molar-refractivity contribution in [3.63, 3.8) is 0 Å². The molecule has 0 aliphatic heterocycles. The van der Waals surface area contributed by atoms with E-state index < -0.39 is 0 Å². The van der Waals surface area contributed by atoms with Crippen LogP contribution in [0.4, 0.5) is 0 Å². The normalized spacial score (nSPS) is 11.6. The monoisotopic (exact) mass is 386 g/mol. The van der Waals surface area contributed by atoms with Gasteiger partial charge in [-0.2, -0.15) is 4.99 Å². The molecule has 7 heteroatoms. The van der Waals surface area contributed by atoms with Gasteiger partial charge >= 0.3 is 0 Å². The Labute approximate surface area is 161 Å². The summed E-state index contributed by atoms with van der Waals surface area (Å²) in [6, 6.07) is 10.8. The van der Waals surface area contributed by atoms with Crippen LogP contribution in [0.2, 0.25) is 0 Å². The zero-order valence-electron chi connectivity index (χ0n) is 15.8. The van der Waals surface area contributed by atoms with E-state index in [1.54, 1.807) is 45.6 Å². The Morgan fingerprint density at radius 1 is 1.04 bits per heavy atom. The zero-order valence-corrected chi connectivity index (χ0v) is 16.6. The fourth-order valence-electron chi connectivity index (χ4n) is 2.81. The summed E-state index contributed by atoms with van der Waals surface area (Å²) >= 11 is 1.46. The lowest BCUT2D eigenvalue weighted by molar-refractivity contribution is 0.0998. The number of rotatable bonds is 6. The van der Waals surface area contributed by atoms with Gasteiger partial charge in [0.1, 0.15) is 5.75 Å². The fraction of sp³-hybridized carbons (Fsp3) is 0.300. The van der Waals surface area contributed by atoms with Crippen LogP contribution in [0, 0.1) is 0 Å². The van der Waals surface area contributed by atoms with Gasteiger partial charge in [0, 0.05) is 24.2 Å². The third-order valence-electron chi connectivity index (χ3n) is 4.17. The van der Waals surface area contributed by atoms with Gasteiger partial charge in [0.05, 0.1) is 31.5 Å². The van der Waals surface area contributed by atoms with E-state index in [-0.39, 0.29) is 5.91 Å². The molecule has 0 atom stereocenters. The smallest absolute Gasteiger partial charge is 0.279 e. The highest BCUT2D eigenvalue weighted by molar-refractivity contribution is 7.16. The van der Waals surface area contributed by atoms with Crippen LogP contribution in [0.5, 0.6) is 17.2 Å². The maximum absolute atomic E-state index is 12.6. The summed E-state index contributed by atoms with van der Waals surface area (Å²) in [7, 11) is 4.81. The summed E-state index contributed by atoms with van der Waals surface area (Å²) < 4.78 is 19.0. The second kappa shape index (κ2) is 8.26. The molecule has 0 N–H and O–H groups in total. The van der Waals surface area contributed by atoms with Crippen LogP contribution < -0.4 is 19.0 Å². The van der Waals surface area contributed by atoms with Crippen molar-refractivity contribution < 1.29 is 19.0 Å². The second-order valence-corrected chi connectivity index (χ2v) is 6.87.